The maximum absolute atomic E-state index is 13.4. The lowest BCUT2D eigenvalue weighted by Crippen LogP contribution is -2.42. The van der Waals surface area contributed by atoms with Crippen LogP contribution in [0.4, 0.5) is 15.4 Å². The molecule has 43 heavy (non-hydrogen) atoms. The minimum absolute atomic E-state index is 0.0825. The fourth-order valence-electron chi connectivity index (χ4n) is 2.89. The second-order valence-electron chi connectivity index (χ2n) is 8.83. The highest BCUT2D eigenvalue weighted by atomic mass is 31.2. The monoisotopic (exact) mass is 634 g/mol. The third-order valence-electron chi connectivity index (χ3n) is 4.65. The first-order valence-corrected chi connectivity index (χ1v) is 14.2. The van der Waals surface area contributed by atoms with E-state index in [1.54, 1.807) is 27.7 Å². The minimum atomic E-state index is -4.36. The Morgan fingerprint density at radius 1 is 1.00 bits per heavy atom. The number of nitrogens with one attached hydrogen (secondary N) is 1. The van der Waals surface area contributed by atoms with Crippen LogP contribution in [-0.4, -0.2) is 89.2 Å². The Balaban J connectivity index is 2.18. The van der Waals surface area contributed by atoms with Crippen LogP contribution in [0.5, 0.6) is 0 Å². The Morgan fingerprint density at radius 2 is 1.60 bits per heavy atom. The molecule has 4 N–H and O–H groups in total. The number of hydrogen-bond donors (Lipinski definition) is 3. The molecule has 20 heteroatoms. The van der Waals surface area contributed by atoms with Crippen molar-refractivity contribution >= 4 is 48.8 Å². The Labute approximate surface area is 244 Å². The van der Waals surface area contributed by atoms with Gasteiger partial charge in [-0.3, -0.25) is 18.6 Å². The second kappa shape index (κ2) is 17.0. The van der Waals surface area contributed by atoms with E-state index < -0.39 is 76.7 Å². The smallest absolute Gasteiger partial charge is 0.478 e. The van der Waals surface area contributed by atoms with E-state index in [1.165, 1.54) is 17.2 Å². The van der Waals surface area contributed by atoms with E-state index in [1.807, 2.05) is 0 Å². The fourth-order valence-corrected chi connectivity index (χ4v) is 3.94. The van der Waals surface area contributed by atoms with Gasteiger partial charge in [0.15, 0.2) is 18.5 Å². The fraction of sp³-hybridized carbons (Fsp3) is 0.522. The van der Waals surface area contributed by atoms with Crippen LogP contribution < -0.4 is 10.3 Å². The van der Waals surface area contributed by atoms with Crippen molar-refractivity contribution in [3.63, 3.8) is 0 Å². The molecule has 0 bridgehead atoms. The normalized spacial score (nSPS) is 12.4. The minimum Gasteiger partial charge on any atom is -0.478 e. The Morgan fingerprint density at radius 3 is 2.16 bits per heavy atom. The molecule has 0 radical (unpaired) electrons. The summed E-state index contributed by atoms with van der Waals surface area (Å²) in [4.78, 5) is 56.9. The quantitative estimate of drug-likeness (QED) is 0.0558. The van der Waals surface area contributed by atoms with Crippen molar-refractivity contribution < 1.29 is 70.9 Å². The summed E-state index contributed by atoms with van der Waals surface area (Å²) in [6.45, 7) is 3.97. The van der Waals surface area contributed by atoms with Gasteiger partial charge in [-0.2, -0.15) is 4.98 Å². The molecule has 0 aliphatic carbocycles. The van der Waals surface area contributed by atoms with E-state index in [2.05, 4.69) is 15.0 Å². The van der Waals surface area contributed by atoms with Crippen LogP contribution in [0.1, 0.15) is 27.7 Å². The molecule has 0 aliphatic rings. The lowest BCUT2D eigenvalue weighted by Gasteiger charge is -2.22. The van der Waals surface area contributed by atoms with Crippen molar-refractivity contribution in [2.24, 2.45) is 0 Å². The topological polar surface area (TPSA) is 251 Å². The summed E-state index contributed by atoms with van der Waals surface area (Å²) in [6.07, 6.45) is -1.18. The van der Waals surface area contributed by atoms with Crippen molar-refractivity contribution in [1.82, 2.24) is 15.0 Å². The van der Waals surface area contributed by atoms with E-state index in [4.69, 9.17) is 48.3 Å². The Bertz CT molecular complexity index is 1300. The maximum atomic E-state index is 13.4. The number of esters is 1. The van der Waals surface area contributed by atoms with Crippen molar-refractivity contribution in [1.29, 1.82) is 0 Å². The molecule has 238 valence electrons. The highest BCUT2D eigenvalue weighted by molar-refractivity contribution is 7.53. The predicted octanol–water partition coefficient (Wildman–Crippen LogP) is 1.62. The Hall–Kier alpha value is -4.32. The zero-order valence-corrected chi connectivity index (χ0v) is 24.6. The van der Waals surface area contributed by atoms with E-state index >= 15 is 0 Å². The zero-order valence-electron chi connectivity index (χ0n) is 23.7. The number of anilines is 1. The molecule has 0 aromatic carbocycles. The van der Waals surface area contributed by atoms with Gasteiger partial charge in [0, 0.05) is 12.2 Å². The molecule has 0 spiro atoms. The predicted molar refractivity (Wildman–Crippen MR) is 141 cm³/mol. The van der Waals surface area contributed by atoms with Gasteiger partial charge in [-0.25, -0.2) is 23.7 Å². The lowest BCUT2D eigenvalue weighted by atomic mass is 10.3. The second-order valence-corrected chi connectivity index (χ2v) is 10.8. The molecular formula is C23H33N5O14P+. The van der Waals surface area contributed by atoms with Crippen LogP contribution in [0, 0.1) is 0 Å². The van der Waals surface area contributed by atoms with Gasteiger partial charge in [0.05, 0.1) is 12.2 Å². The number of fused-ring (bicyclic) bond motifs is 1. The molecule has 0 aliphatic heterocycles. The van der Waals surface area contributed by atoms with Crippen molar-refractivity contribution in [3.8, 4) is 0 Å². The molecule has 19 nitrogen and oxygen atoms in total. The summed E-state index contributed by atoms with van der Waals surface area (Å²) in [6, 6.07) is 0. The number of aromatic nitrogens is 4. The van der Waals surface area contributed by atoms with Gasteiger partial charge >= 0.3 is 37.5 Å². The van der Waals surface area contributed by atoms with E-state index in [-0.39, 0.29) is 12.4 Å². The number of carbonyl (C=O) groups excluding carboxylic acids is 3. The van der Waals surface area contributed by atoms with Gasteiger partial charge < -0.3 is 39.3 Å². The van der Waals surface area contributed by atoms with Crippen LogP contribution in [0.2, 0.25) is 0 Å². The average Bonchev–Trinajstić information content (AvgIpc) is 3.32. The summed E-state index contributed by atoms with van der Waals surface area (Å²) in [5, 5.41) is 8.72. The van der Waals surface area contributed by atoms with Gasteiger partial charge in [0.1, 0.15) is 25.6 Å². The van der Waals surface area contributed by atoms with Crippen LogP contribution in [0.3, 0.4) is 0 Å². The number of carboxylic acids is 1. The highest BCUT2D eigenvalue weighted by Gasteiger charge is 2.31. The van der Waals surface area contributed by atoms with Crippen molar-refractivity contribution in [2.45, 2.75) is 52.6 Å². The number of nitrogen functional groups attached to an aromatic ring is 1. The van der Waals surface area contributed by atoms with Crippen LogP contribution in [0.15, 0.2) is 24.8 Å². The molecule has 2 aromatic rings. The zero-order chi connectivity index (χ0) is 32.0. The third kappa shape index (κ3) is 13.0. The number of nitrogens with zero attached hydrogens (tertiary/aromatic N) is 3. The number of ether oxygens (including phenoxy) is 6. The van der Waals surface area contributed by atoms with Gasteiger partial charge in [-0.15, -0.1) is 0 Å². The molecule has 0 saturated carbocycles. The molecular weight excluding hydrogens is 601 g/mol. The van der Waals surface area contributed by atoms with Crippen molar-refractivity contribution in [3.05, 3.63) is 24.8 Å². The largest absolute Gasteiger partial charge is 0.510 e. The number of rotatable bonds is 17. The third-order valence-corrected chi connectivity index (χ3v) is 6.11. The van der Waals surface area contributed by atoms with E-state index in [0.717, 1.165) is 0 Å². The Kier molecular flexibility index (Phi) is 13.8. The average molecular weight is 635 g/mol. The van der Waals surface area contributed by atoms with Crippen LogP contribution >= 0.6 is 7.60 Å². The van der Waals surface area contributed by atoms with E-state index in [9.17, 15) is 23.7 Å². The summed E-state index contributed by atoms with van der Waals surface area (Å²) in [5.74, 6) is -2.22. The molecule has 0 amide bonds. The van der Waals surface area contributed by atoms with Gasteiger partial charge in [0.2, 0.25) is 19.1 Å². The van der Waals surface area contributed by atoms with Gasteiger partial charge in [-0.1, -0.05) is 4.98 Å². The van der Waals surface area contributed by atoms with Gasteiger partial charge in [0.25, 0.3) is 0 Å². The number of hydrogen-bond acceptors (Lipinski definition) is 16. The summed E-state index contributed by atoms with van der Waals surface area (Å²) in [7, 11) is -4.36. The molecule has 1 atom stereocenters. The number of aliphatic carboxylic acids is 1. The first-order valence-electron chi connectivity index (χ1n) is 12.5. The van der Waals surface area contributed by atoms with Gasteiger partial charge in [-0.05, 0) is 27.7 Å². The first kappa shape index (κ1) is 34.9. The highest BCUT2D eigenvalue weighted by Crippen LogP contribution is 2.48. The molecule has 2 rings (SSSR count). The molecule has 2 aromatic heterocycles. The number of imidazole rings is 1. The molecule has 0 fully saturated rings. The summed E-state index contributed by atoms with van der Waals surface area (Å²) >= 11 is 0. The van der Waals surface area contributed by atoms with Crippen molar-refractivity contribution in [2.75, 3.05) is 32.3 Å². The van der Waals surface area contributed by atoms with Crippen LogP contribution in [-0.2, 0) is 58.2 Å². The number of carbonyl (C=O) groups is 4. The number of H-pyrrole nitrogens is 1. The lowest BCUT2D eigenvalue weighted by molar-refractivity contribution is -0.680. The van der Waals surface area contributed by atoms with E-state index in [0.29, 0.717) is 23.3 Å². The molecule has 0 saturated heterocycles. The molecule has 2 heterocycles. The SMILES string of the molecule is CC(C)OC(=O)OCOP(=O)(COC(COC(=O)C=CC(=O)O)C[n+]1c[nH]c2c(N)ncnc21)OCOC(=O)OC(C)C. The number of carboxylic acid groups (broad SMARTS) is 1. The number of aromatic amines is 1. The summed E-state index contributed by atoms with van der Waals surface area (Å²) < 4.78 is 55.0. The number of nitrogens with two attached hydrogens (primary N) is 1. The first-order chi connectivity index (χ1) is 20.3. The summed E-state index contributed by atoms with van der Waals surface area (Å²) in [5.41, 5.74) is 6.60. The van der Waals surface area contributed by atoms with Crippen LogP contribution in [0.25, 0.3) is 11.2 Å². The molecule has 1 unspecified atom stereocenters. The standard InChI is InChI=1S/C23H32N5O14P/c1-14(2)41-22(32)36-11-39-43(34,40-12-37-23(33)42-15(3)4)13-38-16(8-35-18(31)6-5-17(29)30)7-28-10-27-19-20(24)25-9-26-21(19)28/h5-6,9-10,14-16H,7-8,11-13H2,1-4H3,(H3,24,25,26,29,30)/p+1. The maximum Gasteiger partial charge on any atom is 0.510 e.